The van der Waals surface area contributed by atoms with Crippen LogP contribution < -0.4 is 25.8 Å². The molecule has 0 amide bonds. The topological polar surface area (TPSA) is 89.9 Å². The van der Waals surface area contributed by atoms with Gasteiger partial charge in [0.2, 0.25) is 5.75 Å². The summed E-state index contributed by atoms with van der Waals surface area (Å²) in [5.74, 6) is -2.15. The zero-order valence-corrected chi connectivity index (χ0v) is 23.4. The number of hydrogen-bond acceptors (Lipinski definition) is 8. The molecular formula is C29H32ClF2N5O4. The molecule has 2 aromatic heterocycles. The molecule has 9 nitrogen and oxygen atoms in total. The fourth-order valence-electron chi connectivity index (χ4n) is 6.19. The average molecular weight is 588 g/mol. The standard InChI is InChI=1S/C29H32ClF2N5O4/c1-36-22-5-4-18(12-19(22)24-25(27(36)38)41-15-29(31,32)26(35-24)16-2-3-16)34-21-13-23(33-14-20(21)30)37-8-6-17(7-9-37)28-39-10-11-40-28/h4-5,12-14,16-17,26,28,35H,2-3,6-11,15H2,1H3,(H,33,34). The Balaban J connectivity index is 1.18. The van der Waals surface area contributed by atoms with E-state index in [0.717, 1.165) is 44.6 Å². The number of nitrogens with one attached hydrogen (secondary N) is 2. The van der Waals surface area contributed by atoms with Gasteiger partial charge in [-0.05, 0) is 49.8 Å². The number of aryl methyl sites for hydroxylation is 1. The van der Waals surface area contributed by atoms with E-state index in [2.05, 4.69) is 20.5 Å². The highest BCUT2D eigenvalue weighted by Gasteiger charge is 2.51. The van der Waals surface area contributed by atoms with Gasteiger partial charge in [-0.2, -0.15) is 0 Å². The SMILES string of the molecule is Cn1c(=O)c2c(c3cc(Nc4cc(N5CCC(C6OCCO6)CC5)ncc4Cl)ccc31)NC(C1CC1)C(F)(F)CO2. The molecule has 5 heterocycles. The third kappa shape index (κ3) is 4.97. The van der Waals surface area contributed by atoms with Crippen molar-refractivity contribution in [3.63, 3.8) is 0 Å². The Labute approximate surface area is 240 Å². The first-order chi connectivity index (χ1) is 19.8. The Morgan fingerprint density at radius 2 is 1.85 bits per heavy atom. The number of nitrogens with zero attached hydrogens (tertiary/aromatic N) is 3. The molecule has 7 rings (SSSR count). The lowest BCUT2D eigenvalue weighted by atomic mass is 9.96. The van der Waals surface area contributed by atoms with Gasteiger partial charge in [-0.15, -0.1) is 0 Å². The van der Waals surface area contributed by atoms with Crippen LogP contribution in [-0.4, -0.2) is 60.7 Å². The van der Waals surface area contributed by atoms with Crippen LogP contribution in [-0.2, 0) is 16.5 Å². The third-order valence-electron chi connectivity index (χ3n) is 8.63. The van der Waals surface area contributed by atoms with E-state index >= 15 is 0 Å². The largest absolute Gasteiger partial charge is 0.480 e. The average Bonchev–Trinajstić information content (AvgIpc) is 3.68. The molecular weight excluding hydrogens is 556 g/mol. The molecule has 1 saturated carbocycles. The Kier molecular flexibility index (Phi) is 6.71. The molecule has 4 aliphatic rings. The Morgan fingerprint density at radius 1 is 1.10 bits per heavy atom. The van der Waals surface area contributed by atoms with E-state index in [1.807, 2.05) is 18.2 Å². The van der Waals surface area contributed by atoms with Gasteiger partial charge in [-0.3, -0.25) is 4.79 Å². The lowest BCUT2D eigenvalue weighted by Crippen LogP contribution is -2.44. The van der Waals surface area contributed by atoms with Crippen LogP contribution in [0.4, 0.5) is 31.7 Å². The fourth-order valence-corrected chi connectivity index (χ4v) is 6.34. The summed E-state index contributed by atoms with van der Waals surface area (Å²) < 4.78 is 48.2. The highest BCUT2D eigenvalue weighted by Crippen LogP contribution is 2.45. The molecule has 1 unspecified atom stereocenters. The van der Waals surface area contributed by atoms with Crippen molar-refractivity contribution in [3.8, 4) is 5.75 Å². The molecule has 2 N–H and O–H groups in total. The number of aromatic nitrogens is 2. The molecule has 1 aliphatic carbocycles. The molecule has 3 fully saturated rings. The molecule has 2 saturated heterocycles. The number of benzene rings is 1. The monoisotopic (exact) mass is 587 g/mol. The normalized spacial score (nSPS) is 23.1. The van der Waals surface area contributed by atoms with E-state index in [0.29, 0.717) is 52.1 Å². The first kappa shape index (κ1) is 26.7. The summed E-state index contributed by atoms with van der Waals surface area (Å²) >= 11 is 6.55. The summed E-state index contributed by atoms with van der Waals surface area (Å²) in [6, 6.07) is 6.29. The predicted molar refractivity (Wildman–Crippen MR) is 153 cm³/mol. The van der Waals surface area contributed by atoms with Gasteiger partial charge < -0.3 is 34.3 Å². The Hall–Kier alpha value is -3.15. The molecule has 12 heteroatoms. The van der Waals surface area contributed by atoms with Crippen molar-refractivity contribution in [1.29, 1.82) is 0 Å². The lowest BCUT2D eigenvalue weighted by Gasteiger charge is -2.34. The molecule has 41 heavy (non-hydrogen) atoms. The second-order valence-electron chi connectivity index (χ2n) is 11.4. The van der Waals surface area contributed by atoms with Crippen molar-refractivity contribution in [2.24, 2.45) is 18.9 Å². The molecule has 1 aromatic carbocycles. The van der Waals surface area contributed by atoms with Gasteiger partial charge in [0.15, 0.2) is 12.9 Å². The van der Waals surface area contributed by atoms with Gasteiger partial charge in [0, 0.05) is 43.2 Å². The van der Waals surface area contributed by atoms with Crippen LogP contribution in [0.1, 0.15) is 25.7 Å². The van der Waals surface area contributed by atoms with Crippen molar-refractivity contribution in [3.05, 3.63) is 45.8 Å². The van der Waals surface area contributed by atoms with E-state index < -0.39 is 24.1 Å². The highest BCUT2D eigenvalue weighted by molar-refractivity contribution is 6.33. The van der Waals surface area contributed by atoms with Crippen LogP contribution in [0.3, 0.4) is 0 Å². The maximum Gasteiger partial charge on any atom is 0.301 e. The summed E-state index contributed by atoms with van der Waals surface area (Å²) in [5.41, 5.74) is 1.82. The summed E-state index contributed by atoms with van der Waals surface area (Å²) in [4.78, 5) is 19.9. The molecule has 1 atom stereocenters. The van der Waals surface area contributed by atoms with E-state index in [-0.39, 0.29) is 18.0 Å². The second kappa shape index (κ2) is 10.3. The minimum absolute atomic E-state index is 0.0824. The smallest absolute Gasteiger partial charge is 0.301 e. The van der Waals surface area contributed by atoms with Gasteiger partial charge in [0.25, 0.3) is 5.56 Å². The van der Waals surface area contributed by atoms with Crippen molar-refractivity contribution >= 4 is 45.4 Å². The van der Waals surface area contributed by atoms with E-state index in [1.165, 1.54) is 4.57 Å². The number of anilines is 4. The van der Waals surface area contributed by atoms with Crippen LogP contribution in [0.5, 0.6) is 5.75 Å². The van der Waals surface area contributed by atoms with Crippen LogP contribution >= 0.6 is 11.6 Å². The number of hydrogen-bond donors (Lipinski definition) is 2. The maximum atomic E-state index is 15.0. The quantitative estimate of drug-likeness (QED) is 0.424. The van der Waals surface area contributed by atoms with Gasteiger partial charge in [0.1, 0.15) is 5.82 Å². The van der Waals surface area contributed by atoms with Crippen molar-refractivity contribution in [2.75, 3.05) is 48.4 Å². The van der Waals surface area contributed by atoms with E-state index in [4.69, 9.17) is 25.8 Å². The third-order valence-corrected chi connectivity index (χ3v) is 8.93. The fraction of sp³-hybridized carbons (Fsp3) is 0.517. The molecule has 0 spiro atoms. The summed E-state index contributed by atoms with van der Waals surface area (Å²) in [6.45, 7) is 2.14. The summed E-state index contributed by atoms with van der Waals surface area (Å²) in [7, 11) is 1.61. The molecule has 3 aliphatic heterocycles. The Bertz CT molecular complexity index is 1530. The minimum Gasteiger partial charge on any atom is -0.480 e. The van der Waals surface area contributed by atoms with Crippen LogP contribution in [0.25, 0.3) is 10.9 Å². The van der Waals surface area contributed by atoms with Gasteiger partial charge in [0.05, 0.1) is 47.4 Å². The van der Waals surface area contributed by atoms with E-state index in [9.17, 15) is 13.6 Å². The molecule has 3 aromatic rings. The number of fused-ring (bicyclic) bond motifs is 3. The number of alkyl halides is 2. The Morgan fingerprint density at radius 3 is 2.59 bits per heavy atom. The van der Waals surface area contributed by atoms with E-state index in [1.54, 1.807) is 19.3 Å². The second-order valence-corrected chi connectivity index (χ2v) is 11.8. The van der Waals surface area contributed by atoms with Crippen LogP contribution in [0, 0.1) is 11.8 Å². The minimum atomic E-state index is -3.10. The van der Waals surface area contributed by atoms with Crippen molar-refractivity contribution < 1.29 is 23.0 Å². The number of pyridine rings is 2. The molecule has 0 radical (unpaired) electrons. The summed E-state index contributed by atoms with van der Waals surface area (Å²) in [6.07, 6.45) is 4.86. The summed E-state index contributed by atoms with van der Waals surface area (Å²) in [5, 5.41) is 7.46. The van der Waals surface area contributed by atoms with Crippen molar-refractivity contribution in [2.45, 2.75) is 43.9 Å². The predicted octanol–water partition coefficient (Wildman–Crippen LogP) is 5.14. The van der Waals surface area contributed by atoms with Crippen LogP contribution in [0.2, 0.25) is 5.02 Å². The number of halogens is 3. The van der Waals surface area contributed by atoms with Crippen LogP contribution in [0.15, 0.2) is 35.3 Å². The maximum absolute atomic E-state index is 15.0. The number of piperidine rings is 1. The van der Waals surface area contributed by atoms with Gasteiger partial charge in [-0.1, -0.05) is 11.6 Å². The number of rotatable bonds is 5. The molecule has 218 valence electrons. The van der Waals surface area contributed by atoms with Gasteiger partial charge in [-0.25, -0.2) is 13.8 Å². The molecule has 0 bridgehead atoms. The zero-order chi connectivity index (χ0) is 28.3. The lowest BCUT2D eigenvalue weighted by molar-refractivity contribution is -0.0889. The number of ether oxygens (including phenoxy) is 3. The first-order valence-electron chi connectivity index (χ1n) is 14.1. The highest BCUT2D eigenvalue weighted by atomic mass is 35.5. The van der Waals surface area contributed by atoms with Gasteiger partial charge >= 0.3 is 5.92 Å². The van der Waals surface area contributed by atoms with Crippen molar-refractivity contribution in [1.82, 2.24) is 9.55 Å². The zero-order valence-electron chi connectivity index (χ0n) is 22.7. The first-order valence-corrected chi connectivity index (χ1v) is 14.5.